The molecule has 0 unspecified atom stereocenters. The lowest BCUT2D eigenvalue weighted by Crippen LogP contribution is -2.26. The van der Waals surface area contributed by atoms with Crippen molar-refractivity contribution in [2.24, 2.45) is 0 Å². The van der Waals surface area contributed by atoms with Crippen LogP contribution in [0.2, 0.25) is 0 Å². The van der Waals surface area contributed by atoms with E-state index in [0.717, 1.165) is 0 Å². The third-order valence-corrected chi connectivity index (χ3v) is 3.33. The van der Waals surface area contributed by atoms with Gasteiger partial charge in [0.15, 0.2) is 5.82 Å². The Bertz CT molecular complexity index is 599. The molecule has 2 aromatic heterocycles. The zero-order valence-corrected chi connectivity index (χ0v) is 12.5. The largest absolute Gasteiger partial charge is 0.383 e. The second-order valence-corrected chi connectivity index (χ2v) is 4.71. The summed E-state index contributed by atoms with van der Waals surface area (Å²) in [6.07, 6.45) is 3.47. The van der Waals surface area contributed by atoms with Crippen molar-refractivity contribution in [3.8, 4) is 0 Å². The van der Waals surface area contributed by atoms with Crippen LogP contribution < -0.4 is 10.9 Å². The Morgan fingerprint density at radius 2 is 2.40 bits per heavy atom. The monoisotopic (exact) mass is 343 g/mol. The minimum Gasteiger partial charge on any atom is -0.383 e. The van der Waals surface area contributed by atoms with Crippen LogP contribution in [-0.2, 0) is 17.7 Å². The molecule has 0 aliphatic heterocycles. The van der Waals surface area contributed by atoms with Gasteiger partial charge in [-0.3, -0.25) is 4.79 Å². The van der Waals surface area contributed by atoms with Crippen molar-refractivity contribution in [2.45, 2.75) is 13.0 Å². The first-order chi connectivity index (χ1) is 9.72. The smallest absolute Gasteiger partial charge is 0.283 e. The van der Waals surface area contributed by atoms with Gasteiger partial charge in [0.1, 0.15) is 4.47 Å². The van der Waals surface area contributed by atoms with Crippen LogP contribution >= 0.6 is 15.9 Å². The fourth-order valence-corrected chi connectivity index (χ4v) is 1.98. The van der Waals surface area contributed by atoms with E-state index in [-0.39, 0.29) is 5.56 Å². The van der Waals surface area contributed by atoms with Crippen molar-refractivity contribution >= 4 is 21.6 Å². The van der Waals surface area contributed by atoms with Crippen molar-refractivity contribution in [3.05, 3.63) is 33.2 Å². The number of rotatable bonds is 7. The summed E-state index contributed by atoms with van der Waals surface area (Å²) >= 11 is 3.28. The summed E-state index contributed by atoms with van der Waals surface area (Å²) < 4.78 is 11.3. The highest BCUT2D eigenvalue weighted by atomic mass is 79.9. The van der Waals surface area contributed by atoms with E-state index in [0.29, 0.717) is 42.1 Å². The molecule has 0 fully saturated rings. The number of hydrogen-bond acceptors (Lipinski definition) is 7. The van der Waals surface area contributed by atoms with Crippen LogP contribution in [0.15, 0.2) is 26.4 Å². The number of aromatic nitrogens is 4. The summed E-state index contributed by atoms with van der Waals surface area (Å²) in [6.45, 7) is 1.42. The Labute approximate surface area is 123 Å². The van der Waals surface area contributed by atoms with Gasteiger partial charge in [0, 0.05) is 20.1 Å². The summed E-state index contributed by atoms with van der Waals surface area (Å²) in [7, 11) is 1.58. The van der Waals surface area contributed by atoms with Gasteiger partial charge < -0.3 is 14.6 Å². The van der Waals surface area contributed by atoms with Crippen LogP contribution in [0.1, 0.15) is 5.82 Å². The number of ether oxygens (including phenoxy) is 1. The topological polar surface area (TPSA) is 95.1 Å². The third kappa shape index (κ3) is 3.64. The Kier molecular flexibility index (Phi) is 5.24. The van der Waals surface area contributed by atoms with Gasteiger partial charge in [0.05, 0.1) is 25.0 Å². The van der Waals surface area contributed by atoms with Gasteiger partial charge >= 0.3 is 0 Å². The zero-order chi connectivity index (χ0) is 14.4. The van der Waals surface area contributed by atoms with E-state index >= 15 is 0 Å². The maximum atomic E-state index is 12.0. The molecule has 2 rings (SSSR count). The summed E-state index contributed by atoms with van der Waals surface area (Å²) in [5.74, 6) is 0.606. The molecule has 0 aliphatic rings. The quantitative estimate of drug-likeness (QED) is 0.790. The molecule has 0 atom stereocenters. The number of hydrogen-bond donors (Lipinski definition) is 1. The summed E-state index contributed by atoms with van der Waals surface area (Å²) in [5.41, 5.74) is 0.429. The number of methoxy groups -OCH3 is 1. The van der Waals surface area contributed by atoms with Gasteiger partial charge in [0.2, 0.25) is 6.39 Å². The number of nitrogens with one attached hydrogen (secondary N) is 1. The first-order valence-corrected chi connectivity index (χ1v) is 6.75. The second kappa shape index (κ2) is 7.15. The average Bonchev–Trinajstić information content (AvgIpc) is 2.96. The molecule has 0 bridgehead atoms. The van der Waals surface area contributed by atoms with E-state index in [1.165, 1.54) is 11.1 Å². The maximum absolute atomic E-state index is 12.0. The number of halogens is 1. The fourth-order valence-electron chi connectivity index (χ4n) is 1.54. The minimum absolute atomic E-state index is 0.202. The van der Waals surface area contributed by atoms with Gasteiger partial charge in [0.25, 0.3) is 5.56 Å². The van der Waals surface area contributed by atoms with Gasteiger partial charge in [-0.2, -0.15) is 10.1 Å². The standard InChI is InChI=1S/C11H14BrN5O3/c1-19-5-4-17-11(18)10(12)8(6-15-17)13-3-2-9-14-7-20-16-9/h6-7,13H,2-5H2,1H3. The van der Waals surface area contributed by atoms with E-state index in [1.54, 1.807) is 13.3 Å². The molecule has 0 spiro atoms. The molecular weight excluding hydrogens is 330 g/mol. The van der Waals surface area contributed by atoms with Crippen LogP contribution in [0.4, 0.5) is 5.69 Å². The highest BCUT2D eigenvalue weighted by Crippen LogP contribution is 2.15. The Morgan fingerprint density at radius 1 is 1.55 bits per heavy atom. The van der Waals surface area contributed by atoms with Gasteiger partial charge in [-0.1, -0.05) is 5.16 Å². The minimum atomic E-state index is -0.202. The first kappa shape index (κ1) is 14.7. The molecule has 0 saturated carbocycles. The molecule has 1 N–H and O–H groups in total. The van der Waals surface area contributed by atoms with Gasteiger partial charge in [-0.15, -0.1) is 0 Å². The zero-order valence-electron chi connectivity index (χ0n) is 10.9. The lowest BCUT2D eigenvalue weighted by Gasteiger charge is -2.09. The highest BCUT2D eigenvalue weighted by Gasteiger charge is 2.08. The highest BCUT2D eigenvalue weighted by molar-refractivity contribution is 9.10. The number of anilines is 1. The fraction of sp³-hybridized carbons (Fsp3) is 0.455. The molecule has 0 aliphatic carbocycles. The lowest BCUT2D eigenvalue weighted by atomic mass is 10.4. The van der Waals surface area contributed by atoms with E-state index in [2.05, 4.69) is 41.0 Å². The Morgan fingerprint density at radius 3 is 3.10 bits per heavy atom. The molecular formula is C11H14BrN5O3. The summed E-state index contributed by atoms with van der Waals surface area (Å²) in [4.78, 5) is 15.9. The molecule has 2 aromatic rings. The maximum Gasteiger partial charge on any atom is 0.283 e. The average molecular weight is 344 g/mol. The van der Waals surface area contributed by atoms with E-state index in [4.69, 9.17) is 4.74 Å². The third-order valence-electron chi connectivity index (χ3n) is 2.56. The van der Waals surface area contributed by atoms with Gasteiger partial charge in [-0.05, 0) is 15.9 Å². The van der Waals surface area contributed by atoms with E-state index in [9.17, 15) is 4.79 Å². The van der Waals surface area contributed by atoms with Crippen molar-refractivity contribution in [3.63, 3.8) is 0 Å². The van der Waals surface area contributed by atoms with Crippen LogP contribution in [0.3, 0.4) is 0 Å². The predicted molar refractivity (Wildman–Crippen MR) is 74.6 cm³/mol. The van der Waals surface area contributed by atoms with Crippen molar-refractivity contribution in [1.29, 1.82) is 0 Å². The van der Waals surface area contributed by atoms with Crippen LogP contribution in [0.5, 0.6) is 0 Å². The first-order valence-electron chi connectivity index (χ1n) is 5.96. The molecule has 20 heavy (non-hydrogen) atoms. The normalized spacial score (nSPS) is 10.7. The molecule has 0 amide bonds. The van der Waals surface area contributed by atoms with E-state index < -0.39 is 0 Å². The predicted octanol–water partition coefficient (Wildman–Crippen LogP) is 0.690. The Balaban J connectivity index is 1.98. The second-order valence-electron chi connectivity index (χ2n) is 3.92. The number of nitrogens with zero attached hydrogens (tertiary/aromatic N) is 4. The molecule has 108 valence electrons. The van der Waals surface area contributed by atoms with E-state index in [1.807, 2.05) is 0 Å². The van der Waals surface area contributed by atoms with Crippen molar-refractivity contribution < 1.29 is 9.26 Å². The van der Waals surface area contributed by atoms with Crippen LogP contribution in [0, 0.1) is 0 Å². The summed E-state index contributed by atoms with van der Waals surface area (Å²) in [6, 6.07) is 0. The molecule has 0 aromatic carbocycles. The molecule has 0 saturated heterocycles. The summed E-state index contributed by atoms with van der Waals surface area (Å²) in [5, 5.41) is 10.9. The molecule has 9 heteroatoms. The van der Waals surface area contributed by atoms with Crippen LogP contribution in [-0.4, -0.2) is 40.2 Å². The molecule has 8 nitrogen and oxygen atoms in total. The van der Waals surface area contributed by atoms with Crippen LogP contribution in [0.25, 0.3) is 0 Å². The van der Waals surface area contributed by atoms with Crippen molar-refractivity contribution in [1.82, 2.24) is 19.9 Å². The van der Waals surface area contributed by atoms with Crippen molar-refractivity contribution in [2.75, 3.05) is 25.6 Å². The SMILES string of the molecule is COCCn1ncc(NCCc2ncon2)c(Br)c1=O. The lowest BCUT2D eigenvalue weighted by molar-refractivity contribution is 0.181. The molecule has 0 radical (unpaired) electrons. The van der Waals surface area contributed by atoms with Gasteiger partial charge in [-0.25, -0.2) is 4.68 Å². The molecule has 2 heterocycles. The Hall–Kier alpha value is -1.74.